The van der Waals surface area contributed by atoms with Crippen molar-refractivity contribution in [3.8, 4) is 23.0 Å². The first-order valence-electron chi connectivity index (χ1n) is 33.5. The molecule has 40 nitrogen and oxygen atoms in total. The third kappa shape index (κ3) is 60.5. The summed E-state index contributed by atoms with van der Waals surface area (Å²) in [5.41, 5.74) is 17.5. The molecule has 0 radical (unpaired) electrons. The Morgan fingerprint density at radius 2 is 0.709 bits per heavy atom. The molecule has 11 N–H and O–H groups in total. The summed E-state index contributed by atoms with van der Waals surface area (Å²) in [6.45, 7) is 8.48. The van der Waals surface area contributed by atoms with Crippen molar-refractivity contribution in [2.45, 2.75) is 106 Å². The van der Waals surface area contributed by atoms with E-state index in [1.54, 1.807) is 148 Å². The lowest BCUT2D eigenvalue weighted by molar-refractivity contribution is -0.385. The van der Waals surface area contributed by atoms with Gasteiger partial charge in [0, 0.05) is 113 Å². The number of nitrogen functional groups attached to an aromatic ring is 1. The maximum absolute atomic E-state index is 12.1. The minimum Gasteiger partial charge on any atom is -0.497 e. The number of methoxy groups -OCH3 is 4. The number of rotatable bonds is 22. The number of anilines is 1. The molecule has 4 amide bonds. The second-order valence-electron chi connectivity index (χ2n) is 21.5. The number of nitro groups is 3. The molecule has 2 saturated heterocycles. The molecule has 2 heterocycles. The second kappa shape index (κ2) is 72.2. The number of ether oxygens (including phenoxy) is 4. The summed E-state index contributed by atoms with van der Waals surface area (Å²) in [6.07, 6.45) is 0. The fourth-order valence-electron chi connectivity index (χ4n) is 7.67. The van der Waals surface area contributed by atoms with Crippen LogP contribution in [0.2, 0.25) is 0 Å². The largest absolute Gasteiger partial charge is 0.497 e. The topological polar surface area (TPSA) is 587 Å². The number of carbonyl (C=O) groups excluding carboxylic acids is 6. The molecule has 8 aromatic carbocycles. The van der Waals surface area contributed by atoms with E-state index < -0.39 is 97.0 Å². The predicted octanol–water partition coefficient (Wildman–Crippen LogP) is 12.8. The van der Waals surface area contributed by atoms with Gasteiger partial charge >= 0.3 is 62.8 Å². The van der Waals surface area contributed by atoms with E-state index in [0.717, 1.165) is 46.2 Å². The number of nitrogens with zero attached hydrogens (tertiary/aromatic N) is 6. The Morgan fingerprint density at radius 1 is 0.433 bits per heavy atom. The van der Waals surface area contributed by atoms with E-state index in [1.165, 1.54) is 57.4 Å². The van der Waals surface area contributed by atoms with Crippen LogP contribution < -0.4 is 60.6 Å². The van der Waals surface area contributed by atoms with Gasteiger partial charge < -0.3 is 35.8 Å². The van der Waals surface area contributed by atoms with Crippen LogP contribution >= 0.6 is 55.2 Å². The minimum atomic E-state index is -4.05. The first-order valence-corrected chi connectivity index (χ1v) is 44.0. The van der Waals surface area contributed by atoms with E-state index in [1.807, 2.05) is 73.7 Å². The third-order valence-electron chi connectivity index (χ3n) is 13.1. The second-order valence-corrected chi connectivity index (χ2v) is 33.2. The van der Waals surface area contributed by atoms with Gasteiger partial charge in [0.05, 0.1) is 49.8 Å². The van der Waals surface area contributed by atoms with Gasteiger partial charge in [0.25, 0.3) is 36.5 Å². The molecule has 2 aliphatic heterocycles. The van der Waals surface area contributed by atoms with E-state index in [-0.39, 0.29) is 102 Å². The lowest BCUT2D eigenvalue weighted by Crippen LogP contribution is -2.35. The summed E-state index contributed by atoms with van der Waals surface area (Å²) in [5.74, 6) is 3.92. The number of nitrogens with one attached hydrogen (secondary N) is 5. The lowest BCUT2D eigenvalue weighted by atomic mass is 10.2. The Morgan fingerprint density at radius 3 is 0.913 bits per heavy atom. The average Bonchev–Trinajstić information content (AvgIpc) is 1.62. The van der Waals surface area contributed by atoms with Gasteiger partial charge in [-0.1, -0.05) is 187 Å². The Kier molecular flexibility index (Phi) is 76.3. The number of nitrogens with two attached hydrogens (primary N) is 3. The zero-order valence-corrected chi connectivity index (χ0v) is 72.8. The van der Waals surface area contributed by atoms with E-state index in [0.29, 0.717) is 37.3 Å². The van der Waals surface area contributed by atoms with Crippen LogP contribution in [0.4, 0.5) is 22.7 Å². The van der Waals surface area contributed by atoms with Gasteiger partial charge in [-0.25, -0.2) is 22.4 Å². The van der Waals surface area contributed by atoms with Crippen LogP contribution in [0.25, 0.3) is 0 Å². The van der Waals surface area contributed by atoms with Crippen molar-refractivity contribution in [2.75, 3.05) is 60.0 Å². The number of hydrogen-bond acceptors (Lipinski definition) is 30. The molecule has 10 rings (SSSR count). The molecule has 0 atom stereocenters. The van der Waals surface area contributed by atoms with Crippen LogP contribution in [0.3, 0.4) is 0 Å². The van der Waals surface area contributed by atoms with Crippen molar-refractivity contribution in [3.63, 3.8) is 0 Å². The Labute approximate surface area is 768 Å². The lowest BCUT2D eigenvalue weighted by Gasteiger charge is -2.16. The number of amides is 4. The van der Waals surface area contributed by atoms with Crippen molar-refractivity contribution in [1.82, 2.24) is 31.8 Å². The number of nitro benzene ring substituents is 3. The molecule has 2 aliphatic rings. The molecule has 2 fully saturated rings. The van der Waals surface area contributed by atoms with Crippen LogP contribution in [0.15, 0.2) is 218 Å². The summed E-state index contributed by atoms with van der Waals surface area (Å²) in [6, 6.07) is 61.9. The quantitative estimate of drug-likeness (QED) is 0.0103. The number of benzene rings is 8. The van der Waals surface area contributed by atoms with Gasteiger partial charge in [0.1, 0.15) is 23.0 Å². The highest BCUT2D eigenvalue weighted by atomic mass is 36.0. The predicted molar refractivity (Wildman–Crippen MR) is 500 cm³/mol. The first kappa shape index (κ1) is 134. The standard InChI is InChI=1S/C12H14N2O5S.C10H16N2O3S.C8H10ClNO3S.C8H11NO.C6H8N2.3C6H5NO2.C4H6N2O4S.C2Cl2O2.C2H7N.7CH4.Cl2O2S/c1-3-13-11(15)12(16)14(20(13,17)18)8-9-4-6-10(19-2)7-5-9;1-3-11-16(13,14)12-8-9-4-6-10(15-2)7-5-9;1-13-8-4-2-7(3-5-8)6-10-14(9,11)12;1-10-8-4-2-7(6-9)3-5-8;7-8-6-4-2-1-3-5-6;3*8-7(9)6-4-2-1-3-5-6;1-2-6-4(8)3(7)5-11(6,9)10;3-1(5)2(4)6;1-2-3;;;;;;;;1-5(2,3)4/h4-7H,3,8H2,1-2H3;4-7,11-12H,3,8H2,1-2H3;2-5,10H,6H2,1H3;2-5H,6,9H2,1H3;1-5,8H,7H2;3*1-5H;2H2,1H3,(H,5,7);;2-3H2,1H3;7*1H4;. The van der Waals surface area contributed by atoms with E-state index in [2.05, 4.69) is 64.2 Å². The van der Waals surface area contributed by atoms with Crippen LogP contribution in [0.1, 0.15) is 102 Å². The smallest absolute Gasteiger partial charge is 0.331 e. The average molecular weight is 1990 g/mol. The number of non-ortho nitro benzene ring substituents is 3. The summed E-state index contributed by atoms with van der Waals surface area (Å²) >= 11 is 8.98. The third-order valence-corrected chi connectivity index (χ3v) is 18.9. The Balaban J connectivity index is -0.000000174. The Hall–Kier alpha value is -10.9. The molecule has 0 aromatic heterocycles. The molecular formula is C77H115Cl5N14O26S5. The highest BCUT2D eigenvalue weighted by molar-refractivity contribution is 8.31. The summed E-state index contributed by atoms with van der Waals surface area (Å²) in [4.78, 5) is 92.1. The summed E-state index contributed by atoms with van der Waals surface area (Å²) in [5, 5.41) is 27.7. The normalized spacial score (nSPS) is 11.5. The van der Waals surface area contributed by atoms with Gasteiger partial charge in [-0.3, -0.25) is 65.0 Å². The van der Waals surface area contributed by atoms with Crippen molar-refractivity contribution in [2.24, 2.45) is 17.3 Å². The molecule has 50 heteroatoms. The number of carbonyl (C=O) groups is 6. The van der Waals surface area contributed by atoms with Crippen molar-refractivity contribution in [3.05, 3.63) is 271 Å². The molecule has 8 aromatic rings. The zero-order valence-electron chi connectivity index (χ0n) is 64.9. The fourth-order valence-corrected chi connectivity index (χ4v) is 11.5. The maximum atomic E-state index is 12.1. The molecule has 0 bridgehead atoms. The van der Waals surface area contributed by atoms with Crippen molar-refractivity contribution in [1.29, 1.82) is 0 Å². The summed E-state index contributed by atoms with van der Waals surface area (Å²) < 4.78 is 138. The van der Waals surface area contributed by atoms with E-state index >= 15 is 0 Å². The van der Waals surface area contributed by atoms with E-state index in [9.17, 15) is 92.8 Å². The molecule has 0 aliphatic carbocycles. The van der Waals surface area contributed by atoms with Gasteiger partial charge in [-0.15, -0.1) is 0 Å². The molecule has 0 unspecified atom stereocenters. The zero-order chi connectivity index (χ0) is 91.8. The van der Waals surface area contributed by atoms with Gasteiger partial charge in [-0.05, 0) is 127 Å². The van der Waals surface area contributed by atoms with E-state index in [4.69, 9.17) is 55.4 Å². The van der Waals surface area contributed by atoms with Crippen LogP contribution in [-0.2, 0) is 103 Å². The number of likely N-dealkylation sites (N-methyl/N-ethyl adjacent to an activating group) is 2. The SMILES string of the molecule is C.C.C.C.C.C.C.CCN.CCN1C(=O)C(=O)N(Cc2ccc(OC)cc2)S1(=O)=O.CCN1C(=O)C(=O)NS1(=O)=O.CCNS(=O)(=O)NCc1ccc(OC)cc1.COc1ccc(CN)cc1.COc1ccc(CNS(=O)(=O)Cl)cc1.NNc1ccccc1.O=C(Cl)C(=O)Cl.O=S(=O)(Cl)Cl.O=[N+]([O-])c1ccccc1.O=[N+]([O-])c1ccccc1.O=[N+]([O-])c1ccccc1. The Bertz CT molecular complexity index is 4900. The monoisotopic (exact) mass is 1990 g/mol. The molecular weight excluding hydrogens is 1870 g/mol. The first-order chi connectivity index (χ1) is 56.2. The summed E-state index contributed by atoms with van der Waals surface area (Å²) in [7, 11) is 1.18. The van der Waals surface area contributed by atoms with Crippen LogP contribution in [-0.4, -0.2) is 159 Å². The van der Waals surface area contributed by atoms with Crippen molar-refractivity contribution >= 4 is 160 Å². The molecule has 714 valence electrons. The van der Waals surface area contributed by atoms with Gasteiger partial charge in [0.2, 0.25) is 0 Å². The highest BCUT2D eigenvalue weighted by Crippen LogP contribution is 2.23. The minimum absolute atomic E-state index is 0. The van der Waals surface area contributed by atoms with Gasteiger partial charge in [0.15, 0.2) is 0 Å². The highest BCUT2D eigenvalue weighted by Gasteiger charge is 2.48. The molecule has 0 saturated carbocycles. The number of halogens is 5. The number of para-hydroxylation sites is 4. The molecule has 0 spiro atoms. The van der Waals surface area contributed by atoms with Crippen molar-refractivity contribution < 1.29 is 105 Å². The number of hydrazine groups is 1. The molecule has 127 heavy (non-hydrogen) atoms. The van der Waals surface area contributed by atoms with Crippen LogP contribution in [0.5, 0.6) is 23.0 Å². The fraction of sp³-hybridized carbons (Fsp3) is 0.299. The number of hydrogen-bond donors (Lipinski definition) is 8. The van der Waals surface area contributed by atoms with Crippen LogP contribution in [0, 0.1) is 30.3 Å². The maximum Gasteiger partial charge on any atom is 0.331 e. The van der Waals surface area contributed by atoms with Gasteiger partial charge in [-0.2, -0.15) is 51.5 Å².